The van der Waals surface area contributed by atoms with E-state index < -0.39 is 0 Å². The van der Waals surface area contributed by atoms with Crippen molar-refractivity contribution in [3.05, 3.63) is 54.1 Å². The molecule has 2 aromatic rings. The molecule has 2 heterocycles. The van der Waals surface area contributed by atoms with Crippen molar-refractivity contribution in [1.29, 1.82) is 0 Å². The van der Waals surface area contributed by atoms with Gasteiger partial charge in [-0.3, -0.25) is 4.98 Å². The lowest BCUT2D eigenvalue weighted by Gasteiger charge is -2.13. The van der Waals surface area contributed by atoms with E-state index in [2.05, 4.69) is 47.9 Å². The van der Waals surface area contributed by atoms with E-state index in [1.165, 1.54) is 11.1 Å². The highest BCUT2D eigenvalue weighted by Crippen LogP contribution is 2.19. The Morgan fingerprint density at radius 3 is 2.82 bits per heavy atom. The summed E-state index contributed by atoms with van der Waals surface area (Å²) in [7, 11) is 0. The first-order chi connectivity index (χ1) is 8.16. The van der Waals surface area contributed by atoms with Crippen molar-refractivity contribution in [1.82, 2.24) is 9.55 Å². The third-order valence-corrected chi connectivity index (χ3v) is 2.96. The normalized spacial score (nSPS) is 12.9. The van der Waals surface area contributed by atoms with Crippen molar-refractivity contribution in [3.8, 4) is 0 Å². The van der Waals surface area contributed by atoms with Crippen LogP contribution in [0, 0.1) is 5.92 Å². The van der Waals surface area contributed by atoms with Gasteiger partial charge in [0.05, 0.1) is 0 Å². The molecule has 3 heteroatoms. The minimum Gasteiger partial charge on any atom is -0.350 e. The maximum absolute atomic E-state index is 6.12. The number of aromatic nitrogens is 2. The van der Waals surface area contributed by atoms with Crippen molar-refractivity contribution in [2.45, 2.75) is 26.4 Å². The molecule has 0 aliphatic carbocycles. The van der Waals surface area contributed by atoms with E-state index in [1.54, 1.807) is 6.20 Å². The number of hydrogen-bond donors (Lipinski definition) is 1. The van der Waals surface area contributed by atoms with Crippen LogP contribution in [0.2, 0.25) is 0 Å². The maximum atomic E-state index is 6.12. The Hall–Kier alpha value is -1.61. The maximum Gasteiger partial charge on any atom is 0.0485 e. The zero-order valence-corrected chi connectivity index (χ0v) is 10.4. The fraction of sp³-hybridized carbons (Fsp3) is 0.357. The van der Waals surface area contributed by atoms with Gasteiger partial charge in [-0.15, -0.1) is 0 Å². The molecule has 2 aromatic heterocycles. The third kappa shape index (κ3) is 2.94. The standard InChI is InChI=1S/C14H19N3/c1-11(2)14(15)13-5-7-17(10-13)9-12-4-3-6-16-8-12/h3-8,10-11,14H,9,15H2,1-2H3. The van der Waals surface area contributed by atoms with Gasteiger partial charge in [-0.05, 0) is 29.2 Å². The van der Waals surface area contributed by atoms with Crippen molar-refractivity contribution in [2.24, 2.45) is 11.7 Å². The predicted molar refractivity (Wildman–Crippen MR) is 69.5 cm³/mol. The Bertz CT molecular complexity index is 459. The van der Waals surface area contributed by atoms with Crippen LogP contribution in [-0.2, 0) is 6.54 Å². The molecule has 0 fully saturated rings. The van der Waals surface area contributed by atoms with Crippen molar-refractivity contribution < 1.29 is 0 Å². The van der Waals surface area contributed by atoms with Crippen LogP contribution in [0.3, 0.4) is 0 Å². The molecule has 3 nitrogen and oxygen atoms in total. The number of pyridine rings is 1. The topological polar surface area (TPSA) is 43.8 Å². The van der Waals surface area contributed by atoms with Gasteiger partial charge < -0.3 is 10.3 Å². The molecule has 0 bridgehead atoms. The minimum absolute atomic E-state index is 0.116. The van der Waals surface area contributed by atoms with Crippen LogP contribution >= 0.6 is 0 Å². The second-order valence-corrected chi connectivity index (χ2v) is 4.75. The van der Waals surface area contributed by atoms with Gasteiger partial charge in [0.25, 0.3) is 0 Å². The van der Waals surface area contributed by atoms with Crippen molar-refractivity contribution in [3.63, 3.8) is 0 Å². The van der Waals surface area contributed by atoms with E-state index in [-0.39, 0.29) is 6.04 Å². The number of nitrogens with two attached hydrogens (primary N) is 1. The average molecular weight is 229 g/mol. The first-order valence-corrected chi connectivity index (χ1v) is 5.97. The third-order valence-electron chi connectivity index (χ3n) is 2.96. The van der Waals surface area contributed by atoms with E-state index in [0.29, 0.717) is 5.92 Å². The molecule has 2 N–H and O–H groups in total. The molecule has 1 unspecified atom stereocenters. The second kappa shape index (κ2) is 5.15. The summed E-state index contributed by atoms with van der Waals surface area (Å²) in [6.45, 7) is 5.13. The Kier molecular flexibility index (Phi) is 3.59. The van der Waals surface area contributed by atoms with Crippen molar-refractivity contribution >= 4 is 0 Å². The van der Waals surface area contributed by atoms with Gasteiger partial charge in [0.15, 0.2) is 0 Å². The van der Waals surface area contributed by atoms with Crippen LogP contribution in [0.1, 0.15) is 31.0 Å². The molecular weight excluding hydrogens is 210 g/mol. The smallest absolute Gasteiger partial charge is 0.0485 e. The highest BCUT2D eigenvalue weighted by molar-refractivity contribution is 5.17. The summed E-state index contributed by atoms with van der Waals surface area (Å²) in [6.07, 6.45) is 7.88. The summed E-state index contributed by atoms with van der Waals surface area (Å²) in [5.74, 6) is 0.462. The fourth-order valence-corrected chi connectivity index (χ4v) is 1.84. The highest BCUT2D eigenvalue weighted by Gasteiger charge is 2.11. The van der Waals surface area contributed by atoms with E-state index in [1.807, 2.05) is 12.3 Å². The molecule has 90 valence electrons. The van der Waals surface area contributed by atoms with Gasteiger partial charge in [0, 0.05) is 37.4 Å². The molecule has 2 rings (SSSR count). The zero-order valence-electron chi connectivity index (χ0n) is 10.4. The molecule has 0 aliphatic rings. The Balaban J connectivity index is 2.09. The molecule has 0 amide bonds. The Morgan fingerprint density at radius 2 is 2.18 bits per heavy atom. The van der Waals surface area contributed by atoms with Gasteiger partial charge in [-0.25, -0.2) is 0 Å². The monoisotopic (exact) mass is 229 g/mol. The van der Waals surface area contributed by atoms with Crippen LogP contribution in [0.4, 0.5) is 0 Å². The fourth-order valence-electron chi connectivity index (χ4n) is 1.84. The Labute approximate surface area is 102 Å². The molecule has 17 heavy (non-hydrogen) atoms. The molecule has 0 radical (unpaired) electrons. The van der Waals surface area contributed by atoms with Gasteiger partial charge in [-0.1, -0.05) is 19.9 Å². The first-order valence-electron chi connectivity index (χ1n) is 5.97. The number of rotatable bonds is 4. The van der Waals surface area contributed by atoms with Gasteiger partial charge >= 0.3 is 0 Å². The molecule has 0 saturated carbocycles. The summed E-state index contributed by atoms with van der Waals surface area (Å²) in [5, 5.41) is 0. The summed E-state index contributed by atoms with van der Waals surface area (Å²) >= 11 is 0. The largest absolute Gasteiger partial charge is 0.350 e. The second-order valence-electron chi connectivity index (χ2n) is 4.75. The minimum atomic E-state index is 0.116. The lowest BCUT2D eigenvalue weighted by atomic mass is 10.00. The average Bonchev–Trinajstić information content (AvgIpc) is 2.77. The highest BCUT2D eigenvalue weighted by atomic mass is 14.9. The van der Waals surface area contributed by atoms with Gasteiger partial charge in [0.2, 0.25) is 0 Å². The molecule has 1 atom stereocenters. The van der Waals surface area contributed by atoms with Crippen LogP contribution in [0.5, 0.6) is 0 Å². The molecule has 0 saturated heterocycles. The summed E-state index contributed by atoms with van der Waals surface area (Å²) < 4.78 is 2.15. The van der Waals surface area contributed by atoms with E-state index >= 15 is 0 Å². The van der Waals surface area contributed by atoms with Crippen LogP contribution < -0.4 is 5.73 Å². The quantitative estimate of drug-likeness (QED) is 0.875. The summed E-state index contributed by atoms with van der Waals surface area (Å²) in [5.41, 5.74) is 8.52. The molecule has 0 aromatic carbocycles. The van der Waals surface area contributed by atoms with E-state index in [9.17, 15) is 0 Å². The van der Waals surface area contributed by atoms with E-state index in [0.717, 1.165) is 6.54 Å². The van der Waals surface area contributed by atoms with Crippen molar-refractivity contribution in [2.75, 3.05) is 0 Å². The lowest BCUT2D eigenvalue weighted by molar-refractivity contribution is 0.513. The number of hydrogen-bond acceptors (Lipinski definition) is 2. The SMILES string of the molecule is CC(C)C(N)c1ccn(Cc2cccnc2)c1. The summed E-state index contributed by atoms with van der Waals surface area (Å²) in [4.78, 5) is 4.11. The summed E-state index contributed by atoms with van der Waals surface area (Å²) in [6, 6.07) is 6.25. The van der Waals surface area contributed by atoms with Gasteiger partial charge in [-0.2, -0.15) is 0 Å². The van der Waals surface area contributed by atoms with E-state index in [4.69, 9.17) is 5.73 Å². The molecular formula is C14H19N3. The molecule has 0 spiro atoms. The van der Waals surface area contributed by atoms with Gasteiger partial charge in [0.1, 0.15) is 0 Å². The van der Waals surface area contributed by atoms with Crippen LogP contribution in [-0.4, -0.2) is 9.55 Å². The first kappa shape index (κ1) is 11.9. The predicted octanol–water partition coefficient (Wildman–Crippen LogP) is 2.59. The number of nitrogens with zero attached hydrogens (tertiary/aromatic N) is 2. The Morgan fingerprint density at radius 1 is 1.35 bits per heavy atom. The van der Waals surface area contributed by atoms with Crippen LogP contribution in [0.15, 0.2) is 43.0 Å². The lowest BCUT2D eigenvalue weighted by Crippen LogP contribution is -2.15. The van der Waals surface area contributed by atoms with Crippen LogP contribution in [0.25, 0.3) is 0 Å². The zero-order chi connectivity index (χ0) is 12.3. The molecule has 0 aliphatic heterocycles.